The smallest absolute Gasteiger partial charge is 0.307 e. The molecule has 2 aromatic rings. The summed E-state index contributed by atoms with van der Waals surface area (Å²) in [4.78, 5) is 12.5. The molecule has 0 saturated heterocycles. The Morgan fingerprint density at radius 1 is 1.06 bits per heavy atom. The van der Waals surface area contributed by atoms with E-state index in [-0.39, 0.29) is 38.6 Å². The maximum atomic E-state index is 14.8. The van der Waals surface area contributed by atoms with Crippen LogP contribution in [0.2, 0.25) is 0 Å². The lowest BCUT2D eigenvalue weighted by molar-refractivity contribution is -0.135. The highest BCUT2D eigenvalue weighted by Crippen LogP contribution is 2.46. The van der Waals surface area contributed by atoms with Crippen LogP contribution >= 0.6 is 11.3 Å². The summed E-state index contributed by atoms with van der Waals surface area (Å²) < 4.78 is 30.8. The number of halogens is 1. The van der Waals surface area contributed by atoms with Gasteiger partial charge in [-0.05, 0) is 76.9 Å². The Labute approximate surface area is 190 Å². The minimum absolute atomic E-state index is 0.0393. The molecule has 0 spiro atoms. The molecule has 172 valence electrons. The van der Waals surface area contributed by atoms with Crippen molar-refractivity contribution in [1.29, 1.82) is 0 Å². The molecule has 32 heavy (non-hydrogen) atoms. The molecule has 0 radical (unpaired) electrons. The molecule has 1 aliphatic carbocycles. The van der Waals surface area contributed by atoms with E-state index in [4.69, 9.17) is 19.3 Å². The van der Waals surface area contributed by atoms with Crippen LogP contribution in [0.15, 0.2) is 29.2 Å². The van der Waals surface area contributed by atoms with Gasteiger partial charge in [-0.3, -0.25) is 4.79 Å². The third kappa shape index (κ3) is 6.04. The van der Waals surface area contributed by atoms with E-state index in [1.165, 1.54) is 6.07 Å². The lowest BCUT2D eigenvalue weighted by atomic mass is 10.0. The van der Waals surface area contributed by atoms with Crippen molar-refractivity contribution in [1.82, 2.24) is 0 Å². The van der Waals surface area contributed by atoms with Gasteiger partial charge in [0.15, 0.2) is 11.6 Å². The third-order valence-corrected chi connectivity index (χ3v) is 6.00. The highest BCUT2D eigenvalue weighted by molar-refractivity contribution is 7.11. The molecule has 6 nitrogen and oxygen atoms in total. The van der Waals surface area contributed by atoms with Gasteiger partial charge in [0, 0.05) is 4.88 Å². The number of thiophene rings is 1. The minimum Gasteiger partial charge on any atom is -0.488 e. The van der Waals surface area contributed by atoms with Crippen LogP contribution in [0.3, 0.4) is 0 Å². The molecule has 0 atom stereocenters. The van der Waals surface area contributed by atoms with Crippen molar-refractivity contribution in [2.45, 2.75) is 20.3 Å². The van der Waals surface area contributed by atoms with Crippen molar-refractivity contribution in [3.05, 3.63) is 56.5 Å². The molecular formula is C24H27FO6S. The first-order chi connectivity index (χ1) is 15.4. The van der Waals surface area contributed by atoms with E-state index in [1.807, 2.05) is 31.4 Å². The van der Waals surface area contributed by atoms with E-state index < -0.39 is 11.8 Å². The highest BCUT2D eigenvalue weighted by Gasteiger charge is 2.27. The van der Waals surface area contributed by atoms with Gasteiger partial charge in [0.2, 0.25) is 0 Å². The summed E-state index contributed by atoms with van der Waals surface area (Å²) in [6, 6.07) is 5.04. The minimum atomic E-state index is -0.942. The monoisotopic (exact) mass is 462 g/mol. The molecule has 2 N–H and O–H groups in total. The number of hydrogen-bond acceptors (Lipinski definition) is 6. The topological polar surface area (TPSA) is 85.2 Å². The highest BCUT2D eigenvalue weighted by atomic mass is 32.1. The number of aliphatic hydroxyl groups excluding tert-OH is 1. The molecule has 0 bridgehead atoms. The van der Waals surface area contributed by atoms with Gasteiger partial charge in [-0.25, -0.2) is 4.39 Å². The van der Waals surface area contributed by atoms with Crippen LogP contribution in [-0.4, -0.2) is 55.8 Å². The summed E-state index contributed by atoms with van der Waals surface area (Å²) in [6.45, 7) is 5.19. The molecule has 0 amide bonds. The standard InChI is InChI=1S/C24H27FO6S/c1-15-9-17(32-14-15)10-18-16(2)19(13-24(27)28)21-12-23(22(25)11-20(18)21)31-8-7-30-6-5-29-4-3-26/h9-12,14,26H,3-8,13H2,1-2H3,(H,27,28). The van der Waals surface area contributed by atoms with E-state index in [9.17, 15) is 14.3 Å². The van der Waals surface area contributed by atoms with Crippen LogP contribution in [-0.2, 0) is 14.3 Å². The first-order valence-corrected chi connectivity index (χ1v) is 11.2. The third-order valence-electron chi connectivity index (χ3n) is 5.00. The SMILES string of the molecule is CC1=C(CC(=O)O)c2cc(OCCOCCOCCO)c(F)cc2C1=Cc1cc(C)cs1. The lowest BCUT2D eigenvalue weighted by Crippen LogP contribution is -2.12. The number of ether oxygens (including phenoxy) is 3. The van der Waals surface area contributed by atoms with Crippen molar-refractivity contribution in [3.63, 3.8) is 0 Å². The van der Waals surface area contributed by atoms with Crippen LogP contribution in [0.1, 0.15) is 34.9 Å². The van der Waals surface area contributed by atoms with Gasteiger partial charge >= 0.3 is 5.97 Å². The van der Waals surface area contributed by atoms with Gasteiger partial charge < -0.3 is 24.4 Å². The summed E-state index contributed by atoms with van der Waals surface area (Å²) in [5.74, 6) is -1.39. The largest absolute Gasteiger partial charge is 0.488 e. The van der Waals surface area contributed by atoms with E-state index in [0.29, 0.717) is 29.9 Å². The average Bonchev–Trinajstić information content (AvgIpc) is 3.26. The number of rotatable bonds is 12. The molecule has 1 heterocycles. The van der Waals surface area contributed by atoms with Crippen LogP contribution in [0, 0.1) is 12.7 Å². The lowest BCUT2D eigenvalue weighted by Gasteiger charge is -2.12. The summed E-state index contributed by atoms with van der Waals surface area (Å²) in [6.07, 6.45) is 1.83. The number of aliphatic hydroxyl groups is 1. The average molecular weight is 463 g/mol. The second-order valence-corrected chi connectivity index (χ2v) is 8.33. The van der Waals surface area contributed by atoms with Gasteiger partial charge in [-0.2, -0.15) is 0 Å². The van der Waals surface area contributed by atoms with Gasteiger partial charge in [-0.15, -0.1) is 11.3 Å². The molecule has 1 aliphatic rings. The number of benzene rings is 1. The van der Waals surface area contributed by atoms with Gasteiger partial charge in [0.05, 0.1) is 39.5 Å². The molecule has 1 aromatic carbocycles. The van der Waals surface area contributed by atoms with Crippen LogP contribution in [0.4, 0.5) is 4.39 Å². The summed E-state index contributed by atoms with van der Waals surface area (Å²) in [7, 11) is 0. The fourth-order valence-electron chi connectivity index (χ4n) is 3.54. The molecular weight excluding hydrogens is 435 g/mol. The van der Waals surface area contributed by atoms with E-state index in [2.05, 4.69) is 0 Å². The Hall–Kier alpha value is -2.52. The van der Waals surface area contributed by atoms with Gasteiger partial charge in [-0.1, -0.05) is 0 Å². The fraction of sp³-hybridized carbons (Fsp3) is 0.375. The van der Waals surface area contributed by atoms with Crippen LogP contribution < -0.4 is 4.74 Å². The molecule has 0 unspecified atom stereocenters. The summed E-state index contributed by atoms with van der Waals surface area (Å²) in [5.41, 5.74) is 4.82. The summed E-state index contributed by atoms with van der Waals surface area (Å²) in [5, 5.41) is 20.1. The molecule has 3 rings (SSSR count). The zero-order valence-corrected chi connectivity index (χ0v) is 19.0. The quantitative estimate of drug-likeness (QED) is 0.455. The molecule has 1 aromatic heterocycles. The first kappa shape index (κ1) is 24.1. The predicted molar refractivity (Wildman–Crippen MR) is 122 cm³/mol. The molecule has 0 aliphatic heterocycles. The molecule has 0 fully saturated rings. The molecule has 0 saturated carbocycles. The van der Waals surface area contributed by atoms with E-state index in [0.717, 1.165) is 21.6 Å². The van der Waals surface area contributed by atoms with Crippen LogP contribution in [0.25, 0.3) is 17.2 Å². The number of carboxylic acids is 1. The number of aliphatic carboxylic acids is 1. The second-order valence-electron chi connectivity index (χ2n) is 7.38. The molecule has 8 heteroatoms. The maximum absolute atomic E-state index is 14.8. The zero-order valence-electron chi connectivity index (χ0n) is 18.2. The second kappa shape index (κ2) is 11.4. The Bertz CT molecular complexity index is 1020. The number of aryl methyl sites for hydroxylation is 1. The Kier molecular flexibility index (Phi) is 8.58. The van der Waals surface area contributed by atoms with Crippen molar-refractivity contribution in [3.8, 4) is 5.75 Å². The number of allylic oxidation sites excluding steroid dienone is 2. The van der Waals surface area contributed by atoms with Crippen molar-refractivity contribution in [2.75, 3.05) is 39.6 Å². The predicted octanol–water partition coefficient (Wildman–Crippen LogP) is 4.40. The number of hydrogen-bond donors (Lipinski definition) is 2. The van der Waals surface area contributed by atoms with E-state index in [1.54, 1.807) is 17.4 Å². The Morgan fingerprint density at radius 2 is 1.78 bits per heavy atom. The number of carboxylic acid groups (broad SMARTS) is 1. The first-order valence-electron chi connectivity index (χ1n) is 10.3. The van der Waals surface area contributed by atoms with E-state index >= 15 is 0 Å². The number of carbonyl (C=O) groups is 1. The Balaban J connectivity index is 1.77. The van der Waals surface area contributed by atoms with Crippen LogP contribution in [0.5, 0.6) is 5.75 Å². The Morgan fingerprint density at radius 3 is 2.44 bits per heavy atom. The van der Waals surface area contributed by atoms with Gasteiger partial charge in [0.25, 0.3) is 0 Å². The number of fused-ring (bicyclic) bond motifs is 1. The summed E-state index contributed by atoms with van der Waals surface area (Å²) >= 11 is 1.59. The van der Waals surface area contributed by atoms with Crippen molar-refractivity contribution in [2.24, 2.45) is 0 Å². The maximum Gasteiger partial charge on any atom is 0.307 e. The van der Waals surface area contributed by atoms with Gasteiger partial charge in [0.1, 0.15) is 6.61 Å². The van der Waals surface area contributed by atoms with Crippen molar-refractivity contribution < 1.29 is 33.6 Å². The fourth-order valence-corrected chi connectivity index (χ4v) is 4.37. The zero-order chi connectivity index (χ0) is 23.1. The normalized spacial score (nSPS) is 14.3. The van der Waals surface area contributed by atoms with Crippen molar-refractivity contribution >= 4 is 34.5 Å².